The number of ether oxygens (including phenoxy) is 1. The number of imidazole rings is 1. The first-order valence-corrected chi connectivity index (χ1v) is 9.95. The Bertz CT molecular complexity index is 941. The molecule has 4 rings (SSSR count). The van der Waals surface area contributed by atoms with Gasteiger partial charge in [-0.05, 0) is 48.7 Å². The molecule has 27 heavy (non-hydrogen) atoms. The lowest BCUT2D eigenvalue weighted by molar-refractivity contribution is -0.144. The second kappa shape index (κ2) is 7.74. The number of carbonyl (C=O) groups is 1. The Morgan fingerprint density at radius 3 is 2.78 bits per heavy atom. The van der Waals surface area contributed by atoms with Crippen LogP contribution < -0.4 is 0 Å². The van der Waals surface area contributed by atoms with Crippen LogP contribution in [-0.4, -0.2) is 27.5 Å². The van der Waals surface area contributed by atoms with E-state index in [1.165, 1.54) is 17.3 Å². The number of nitrogens with one attached hydrogen (secondary N) is 1. The van der Waals surface area contributed by atoms with Gasteiger partial charge in [-0.15, -0.1) is 0 Å². The summed E-state index contributed by atoms with van der Waals surface area (Å²) in [5, 5.41) is 2.30. The molecule has 1 saturated carbocycles. The number of aromatic amines is 1. The summed E-state index contributed by atoms with van der Waals surface area (Å²) in [5.74, 6) is 0.186. The van der Waals surface area contributed by atoms with Gasteiger partial charge in [0.15, 0.2) is 0 Å². The van der Waals surface area contributed by atoms with E-state index in [1.54, 1.807) is 12.5 Å². The number of hydrogen-bond acceptors (Lipinski definition) is 5. The number of benzene rings is 1. The van der Waals surface area contributed by atoms with Crippen molar-refractivity contribution in [1.29, 1.82) is 0 Å². The van der Waals surface area contributed by atoms with E-state index in [9.17, 15) is 4.79 Å². The Kier molecular flexibility index (Phi) is 5.18. The maximum absolute atomic E-state index is 11.8. The summed E-state index contributed by atoms with van der Waals surface area (Å²) in [6.07, 6.45) is 4.17. The maximum Gasteiger partial charge on any atom is 0.309 e. The Hall–Kier alpha value is -2.31. The lowest BCUT2D eigenvalue weighted by Gasteiger charge is -2.05. The third-order valence-corrected chi connectivity index (χ3v) is 5.69. The van der Waals surface area contributed by atoms with Crippen LogP contribution in [0.1, 0.15) is 24.8 Å². The highest BCUT2D eigenvalue weighted by molar-refractivity contribution is 7.99. The molecule has 0 bridgehead atoms. The lowest BCUT2D eigenvalue weighted by atomic mass is 10.1. The molecule has 1 fully saturated rings. The Morgan fingerprint density at radius 1 is 1.26 bits per heavy atom. The normalized spacial score (nSPS) is 18.3. The van der Waals surface area contributed by atoms with E-state index in [-0.39, 0.29) is 17.8 Å². The molecule has 138 valence electrons. The zero-order valence-electron chi connectivity index (χ0n) is 14.7. The van der Waals surface area contributed by atoms with E-state index < -0.39 is 0 Å². The van der Waals surface area contributed by atoms with E-state index in [1.807, 2.05) is 19.1 Å². The van der Waals surface area contributed by atoms with Crippen LogP contribution in [0.5, 0.6) is 0 Å². The summed E-state index contributed by atoms with van der Waals surface area (Å²) in [4.78, 5) is 23.7. The SMILES string of the molecule is CCOC(=O)[C@H]1C[C@@H]1c1ccc(-c2[nH]cnc2Sc2ccc(Cl)cn2)cc1. The molecule has 5 nitrogen and oxygen atoms in total. The predicted molar refractivity (Wildman–Crippen MR) is 105 cm³/mol. The molecule has 1 aliphatic carbocycles. The molecule has 1 aliphatic rings. The van der Waals surface area contributed by atoms with Gasteiger partial charge in [0.25, 0.3) is 0 Å². The zero-order valence-corrected chi connectivity index (χ0v) is 16.3. The second-order valence-corrected chi connectivity index (χ2v) is 7.77. The van der Waals surface area contributed by atoms with E-state index in [0.29, 0.717) is 11.6 Å². The van der Waals surface area contributed by atoms with E-state index in [0.717, 1.165) is 27.7 Å². The van der Waals surface area contributed by atoms with Gasteiger partial charge < -0.3 is 9.72 Å². The molecular formula is C20H18ClN3O2S. The van der Waals surface area contributed by atoms with Crippen molar-refractivity contribution < 1.29 is 9.53 Å². The van der Waals surface area contributed by atoms with Gasteiger partial charge in [0.1, 0.15) is 10.1 Å². The first kappa shape index (κ1) is 18.1. The Balaban J connectivity index is 1.48. The van der Waals surface area contributed by atoms with Crippen molar-refractivity contribution in [3.63, 3.8) is 0 Å². The number of esters is 1. The smallest absolute Gasteiger partial charge is 0.309 e. The number of H-pyrrole nitrogens is 1. The minimum atomic E-state index is -0.0886. The highest BCUT2D eigenvalue weighted by Gasteiger charge is 2.45. The maximum atomic E-state index is 11.8. The number of pyridine rings is 1. The molecule has 0 radical (unpaired) electrons. The van der Waals surface area contributed by atoms with Crippen molar-refractivity contribution in [3.05, 3.63) is 59.5 Å². The minimum Gasteiger partial charge on any atom is -0.466 e. The standard InChI is InChI=1S/C20H18ClN3O2S/c1-2-26-20(25)16-9-15(16)12-3-5-13(6-4-12)18-19(24-11-23-18)27-17-8-7-14(21)10-22-17/h3-8,10-11,15-16H,2,9H2,1H3,(H,23,24)/t15-,16+/m1/s1. The van der Waals surface area contributed by atoms with Crippen LogP contribution in [0, 0.1) is 5.92 Å². The average Bonchev–Trinajstić information content (AvgIpc) is 3.36. The van der Waals surface area contributed by atoms with Gasteiger partial charge in [0, 0.05) is 11.8 Å². The molecule has 1 aromatic carbocycles. The summed E-state index contributed by atoms with van der Waals surface area (Å²) >= 11 is 7.37. The molecule has 1 N–H and O–H groups in total. The summed E-state index contributed by atoms with van der Waals surface area (Å²) < 4.78 is 5.11. The van der Waals surface area contributed by atoms with Crippen LogP contribution in [-0.2, 0) is 9.53 Å². The molecule has 0 saturated heterocycles. The summed E-state index contributed by atoms with van der Waals surface area (Å²) in [6, 6.07) is 12.0. The fourth-order valence-electron chi connectivity index (χ4n) is 3.06. The molecule has 0 unspecified atom stereocenters. The van der Waals surface area contributed by atoms with Crippen molar-refractivity contribution in [2.24, 2.45) is 5.92 Å². The lowest BCUT2D eigenvalue weighted by Crippen LogP contribution is -2.07. The number of hydrogen-bond donors (Lipinski definition) is 1. The molecule has 0 spiro atoms. The number of aromatic nitrogens is 3. The molecular weight excluding hydrogens is 382 g/mol. The van der Waals surface area contributed by atoms with Crippen molar-refractivity contribution in [1.82, 2.24) is 15.0 Å². The summed E-state index contributed by atoms with van der Waals surface area (Å²) in [6.45, 7) is 2.27. The first-order chi connectivity index (χ1) is 13.2. The highest BCUT2D eigenvalue weighted by atomic mass is 35.5. The van der Waals surface area contributed by atoms with Gasteiger partial charge in [-0.1, -0.05) is 35.9 Å². The molecule has 0 amide bonds. The molecule has 7 heteroatoms. The Morgan fingerprint density at radius 2 is 2.07 bits per heavy atom. The van der Waals surface area contributed by atoms with Crippen LogP contribution in [0.15, 0.2) is 59.0 Å². The van der Waals surface area contributed by atoms with E-state index in [2.05, 4.69) is 39.2 Å². The Labute approximate surface area is 166 Å². The summed E-state index contributed by atoms with van der Waals surface area (Å²) in [5.41, 5.74) is 3.16. The van der Waals surface area contributed by atoms with Crippen LogP contribution >= 0.6 is 23.4 Å². The number of nitrogens with zero attached hydrogens (tertiary/aromatic N) is 2. The molecule has 2 aromatic heterocycles. The van der Waals surface area contributed by atoms with Gasteiger partial charge >= 0.3 is 5.97 Å². The topological polar surface area (TPSA) is 67.9 Å². The van der Waals surface area contributed by atoms with Gasteiger partial charge in [0.05, 0.1) is 29.6 Å². The van der Waals surface area contributed by atoms with E-state index >= 15 is 0 Å². The third-order valence-electron chi connectivity index (χ3n) is 4.51. The van der Waals surface area contributed by atoms with Gasteiger partial charge in [-0.25, -0.2) is 9.97 Å². The van der Waals surface area contributed by atoms with E-state index in [4.69, 9.17) is 16.3 Å². The number of carbonyl (C=O) groups excluding carboxylic acids is 1. The third kappa shape index (κ3) is 4.01. The number of rotatable bonds is 6. The number of halogens is 1. The zero-order chi connectivity index (χ0) is 18.8. The first-order valence-electron chi connectivity index (χ1n) is 8.75. The molecule has 3 aromatic rings. The molecule has 2 atom stereocenters. The predicted octanol–water partition coefficient (Wildman–Crippen LogP) is 4.94. The van der Waals surface area contributed by atoms with Gasteiger partial charge in [-0.3, -0.25) is 4.79 Å². The van der Waals surface area contributed by atoms with Crippen LogP contribution in [0.4, 0.5) is 0 Å². The fourth-order valence-corrected chi connectivity index (χ4v) is 3.99. The van der Waals surface area contributed by atoms with Crippen LogP contribution in [0.3, 0.4) is 0 Å². The molecule has 2 heterocycles. The van der Waals surface area contributed by atoms with Crippen LogP contribution in [0.25, 0.3) is 11.3 Å². The van der Waals surface area contributed by atoms with Gasteiger partial charge in [-0.2, -0.15) is 0 Å². The quantitative estimate of drug-likeness (QED) is 0.594. The van der Waals surface area contributed by atoms with Crippen molar-refractivity contribution in [2.45, 2.75) is 29.3 Å². The average molecular weight is 400 g/mol. The van der Waals surface area contributed by atoms with Crippen molar-refractivity contribution >= 4 is 29.3 Å². The minimum absolute atomic E-state index is 0.00468. The molecule has 0 aliphatic heterocycles. The largest absolute Gasteiger partial charge is 0.466 e. The van der Waals surface area contributed by atoms with Crippen LogP contribution in [0.2, 0.25) is 5.02 Å². The second-order valence-electron chi connectivity index (χ2n) is 6.32. The van der Waals surface area contributed by atoms with Crippen molar-refractivity contribution in [3.8, 4) is 11.3 Å². The fraction of sp³-hybridized carbons (Fsp3) is 0.250. The monoisotopic (exact) mass is 399 g/mol. The van der Waals surface area contributed by atoms with Gasteiger partial charge in [0.2, 0.25) is 0 Å². The van der Waals surface area contributed by atoms with Crippen molar-refractivity contribution in [2.75, 3.05) is 6.61 Å². The highest BCUT2D eigenvalue weighted by Crippen LogP contribution is 2.48. The summed E-state index contributed by atoms with van der Waals surface area (Å²) in [7, 11) is 0.